The topological polar surface area (TPSA) is 52.3 Å². The average molecular weight is 394 g/mol. The van der Waals surface area contributed by atoms with Crippen molar-refractivity contribution in [2.75, 3.05) is 6.61 Å². The van der Waals surface area contributed by atoms with Gasteiger partial charge in [0.2, 0.25) is 5.89 Å². The zero-order chi connectivity index (χ0) is 19.6. The quantitative estimate of drug-likeness (QED) is 0.348. The average Bonchev–Trinajstić information content (AvgIpc) is 3.19. The Hall–Kier alpha value is -2.79. The molecule has 0 aliphatic rings. The van der Waals surface area contributed by atoms with Crippen LogP contribution in [0.2, 0.25) is 0 Å². The van der Waals surface area contributed by atoms with Crippen molar-refractivity contribution in [1.29, 1.82) is 0 Å². The zero-order valence-electron chi connectivity index (χ0n) is 15.8. The molecule has 3 rings (SSSR count). The third kappa shape index (κ3) is 6.43. The van der Waals surface area contributed by atoms with Gasteiger partial charge in [-0.2, -0.15) is 0 Å². The highest BCUT2D eigenvalue weighted by atomic mass is 32.2. The summed E-state index contributed by atoms with van der Waals surface area (Å²) in [5.41, 5.74) is 3.15. The molecule has 4 nitrogen and oxygen atoms in total. The first kappa shape index (κ1) is 20.0. The van der Waals surface area contributed by atoms with Crippen molar-refractivity contribution in [2.45, 2.75) is 30.4 Å². The maximum Gasteiger partial charge on any atom is 0.306 e. The molecule has 2 aromatic carbocycles. The minimum Gasteiger partial charge on any atom is -0.466 e. The molecule has 144 valence electrons. The molecule has 0 bridgehead atoms. The van der Waals surface area contributed by atoms with Crippen LogP contribution in [-0.4, -0.2) is 17.6 Å². The summed E-state index contributed by atoms with van der Waals surface area (Å²) < 4.78 is 10.5. The molecule has 0 spiro atoms. The number of carbonyl (C=O) groups excluding carboxylic acids is 1. The first-order chi connectivity index (χ1) is 13.7. The second kappa shape index (κ2) is 10.5. The standard InChI is InChI=1S/C23H23NO3S/c1-2-26-23(25)15-11-19-8-12-21(13-9-19)28-17-20-16-27-22(24-20)14-10-18-6-4-3-5-7-18/h3-10,12-14,16H,2,11,15,17H2,1H3. The second-order valence-corrected chi connectivity index (χ2v) is 7.21. The molecule has 0 amide bonds. The lowest BCUT2D eigenvalue weighted by Gasteiger charge is -2.04. The zero-order valence-corrected chi connectivity index (χ0v) is 16.7. The number of aryl methyl sites for hydroxylation is 1. The van der Waals surface area contributed by atoms with Gasteiger partial charge in [0.15, 0.2) is 0 Å². The number of nitrogens with zero attached hydrogens (tertiary/aromatic N) is 1. The number of carbonyl (C=O) groups is 1. The minimum atomic E-state index is -0.149. The second-order valence-electron chi connectivity index (χ2n) is 6.16. The summed E-state index contributed by atoms with van der Waals surface area (Å²) in [6.07, 6.45) is 6.67. The summed E-state index contributed by atoms with van der Waals surface area (Å²) in [5.74, 6) is 1.20. The normalized spacial score (nSPS) is 11.0. The predicted molar refractivity (Wildman–Crippen MR) is 113 cm³/mol. The number of ether oxygens (including phenoxy) is 1. The largest absolute Gasteiger partial charge is 0.466 e. The van der Waals surface area contributed by atoms with Crippen LogP contribution in [0.1, 0.15) is 36.1 Å². The van der Waals surface area contributed by atoms with Crippen LogP contribution in [-0.2, 0) is 21.7 Å². The Labute approximate surface area is 169 Å². The summed E-state index contributed by atoms with van der Waals surface area (Å²) in [7, 11) is 0. The van der Waals surface area contributed by atoms with Gasteiger partial charge in [-0.3, -0.25) is 4.79 Å². The van der Waals surface area contributed by atoms with E-state index in [1.54, 1.807) is 18.0 Å². The molecule has 0 atom stereocenters. The summed E-state index contributed by atoms with van der Waals surface area (Å²) in [6.45, 7) is 2.25. The van der Waals surface area contributed by atoms with Crippen molar-refractivity contribution < 1.29 is 13.9 Å². The minimum absolute atomic E-state index is 0.149. The van der Waals surface area contributed by atoms with Gasteiger partial charge < -0.3 is 9.15 Å². The monoisotopic (exact) mass is 393 g/mol. The fourth-order valence-electron chi connectivity index (χ4n) is 2.59. The number of esters is 1. The summed E-state index contributed by atoms with van der Waals surface area (Å²) in [5, 5.41) is 0. The van der Waals surface area contributed by atoms with Gasteiger partial charge in [0.25, 0.3) is 0 Å². The van der Waals surface area contributed by atoms with Crippen molar-refractivity contribution in [1.82, 2.24) is 4.98 Å². The SMILES string of the molecule is CCOC(=O)CCc1ccc(SCc2coc(C=Cc3ccccc3)n2)cc1. The molecule has 0 saturated heterocycles. The van der Waals surface area contributed by atoms with Gasteiger partial charge in [0, 0.05) is 23.1 Å². The first-order valence-corrected chi connectivity index (χ1v) is 10.3. The van der Waals surface area contributed by atoms with E-state index in [1.807, 2.05) is 49.4 Å². The van der Waals surface area contributed by atoms with Crippen LogP contribution >= 0.6 is 11.8 Å². The van der Waals surface area contributed by atoms with Crippen molar-refractivity contribution in [2.24, 2.45) is 0 Å². The molecule has 0 N–H and O–H groups in total. The van der Waals surface area contributed by atoms with E-state index in [2.05, 4.69) is 29.2 Å². The Bertz CT molecular complexity index is 901. The molecule has 0 fully saturated rings. The Kier molecular flexibility index (Phi) is 7.50. The van der Waals surface area contributed by atoms with Crippen LogP contribution in [0.4, 0.5) is 0 Å². The smallest absolute Gasteiger partial charge is 0.306 e. The molecule has 0 saturated carbocycles. The van der Waals surface area contributed by atoms with E-state index in [0.29, 0.717) is 25.3 Å². The molecule has 3 aromatic rings. The van der Waals surface area contributed by atoms with E-state index in [9.17, 15) is 4.79 Å². The van der Waals surface area contributed by atoms with Crippen LogP contribution in [0.25, 0.3) is 12.2 Å². The van der Waals surface area contributed by atoms with E-state index in [4.69, 9.17) is 9.15 Å². The van der Waals surface area contributed by atoms with Crippen LogP contribution in [0.3, 0.4) is 0 Å². The van der Waals surface area contributed by atoms with Gasteiger partial charge in [0.05, 0.1) is 12.3 Å². The number of oxazole rings is 1. The lowest BCUT2D eigenvalue weighted by Crippen LogP contribution is -2.04. The lowest BCUT2D eigenvalue weighted by molar-refractivity contribution is -0.143. The van der Waals surface area contributed by atoms with Crippen LogP contribution in [0.15, 0.2) is 70.2 Å². The fourth-order valence-corrected chi connectivity index (χ4v) is 3.36. The highest BCUT2D eigenvalue weighted by molar-refractivity contribution is 7.98. The van der Waals surface area contributed by atoms with Gasteiger partial charge in [-0.05, 0) is 42.7 Å². The first-order valence-electron chi connectivity index (χ1n) is 9.28. The maximum atomic E-state index is 11.4. The van der Waals surface area contributed by atoms with E-state index in [1.165, 1.54) is 0 Å². The van der Waals surface area contributed by atoms with E-state index < -0.39 is 0 Å². The molecule has 0 unspecified atom stereocenters. The van der Waals surface area contributed by atoms with Gasteiger partial charge >= 0.3 is 5.97 Å². The highest BCUT2D eigenvalue weighted by Crippen LogP contribution is 2.23. The molecule has 0 aliphatic carbocycles. The molecular formula is C23H23NO3S. The third-order valence-electron chi connectivity index (χ3n) is 4.02. The van der Waals surface area contributed by atoms with E-state index in [-0.39, 0.29) is 5.97 Å². The molecule has 1 heterocycles. The van der Waals surface area contributed by atoms with Crippen molar-refractivity contribution in [3.05, 3.63) is 83.6 Å². The van der Waals surface area contributed by atoms with Crippen LogP contribution in [0.5, 0.6) is 0 Å². The molecule has 5 heteroatoms. The Morgan fingerprint density at radius 1 is 1.11 bits per heavy atom. The number of hydrogen-bond acceptors (Lipinski definition) is 5. The molecule has 28 heavy (non-hydrogen) atoms. The summed E-state index contributed by atoms with van der Waals surface area (Å²) in [4.78, 5) is 17.1. The Morgan fingerprint density at radius 2 is 1.89 bits per heavy atom. The van der Waals surface area contributed by atoms with Gasteiger partial charge in [0.1, 0.15) is 6.26 Å². The highest BCUT2D eigenvalue weighted by Gasteiger charge is 2.05. The van der Waals surface area contributed by atoms with Crippen molar-refractivity contribution >= 4 is 29.9 Å². The van der Waals surface area contributed by atoms with Gasteiger partial charge in [-0.25, -0.2) is 4.98 Å². The number of thioether (sulfide) groups is 1. The number of benzene rings is 2. The predicted octanol–water partition coefficient (Wildman–Crippen LogP) is 5.63. The summed E-state index contributed by atoms with van der Waals surface area (Å²) in [6, 6.07) is 18.3. The van der Waals surface area contributed by atoms with Gasteiger partial charge in [-0.15, -0.1) is 11.8 Å². The molecule has 1 aromatic heterocycles. The molecular weight excluding hydrogens is 370 g/mol. The maximum absolute atomic E-state index is 11.4. The third-order valence-corrected chi connectivity index (χ3v) is 5.07. The van der Waals surface area contributed by atoms with E-state index >= 15 is 0 Å². The number of aromatic nitrogens is 1. The van der Waals surface area contributed by atoms with Crippen LogP contribution < -0.4 is 0 Å². The molecule has 0 radical (unpaired) electrons. The van der Waals surface area contributed by atoms with Crippen molar-refractivity contribution in [3.63, 3.8) is 0 Å². The molecule has 0 aliphatic heterocycles. The lowest BCUT2D eigenvalue weighted by atomic mass is 10.1. The van der Waals surface area contributed by atoms with Crippen LogP contribution in [0, 0.1) is 0 Å². The number of hydrogen-bond donors (Lipinski definition) is 0. The summed E-state index contributed by atoms with van der Waals surface area (Å²) >= 11 is 1.70. The van der Waals surface area contributed by atoms with Gasteiger partial charge in [-0.1, -0.05) is 42.5 Å². The van der Waals surface area contributed by atoms with E-state index in [0.717, 1.165) is 27.5 Å². The van der Waals surface area contributed by atoms with Crippen molar-refractivity contribution in [3.8, 4) is 0 Å². The Balaban J connectivity index is 1.47. The Morgan fingerprint density at radius 3 is 2.64 bits per heavy atom. The number of rotatable bonds is 9. The fraction of sp³-hybridized carbons (Fsp3) is 0.217.